The number of fused-ring (bicyclic) bond motifs is 1. The number of hydrogen-bond donors (Lipinski definition) is 0. The Hall–Kier alpha value is -3.87. The van der Waals surface area contributed by atoms with Gasteiger partial charge in [-0.25, -0.2) is 0 Å². The summed E-state index contributed by atoms with van der Waals surface area (Å²) in [4.78, 5) is 21.8. The number of carbonyl (C=O) groups excluding carboxylic acids is 1. The summed E-state index contributed by atoms with van der Waals surface area (Å²) in [5.41, 5.74) is 2.94. The summed E-state index contributed by atoms with van der Waals surface area (Å²) in [6.07, 6.45) is 1.57. The first-order valence-electron chi connectivity index (χ1n) is 10.2. The Morgan fingerprint density at radius 2 is 1.74 bits per heavy atom. The van der Waals surface area contributed by atoms with Gasteiger partial charge in [0.2, 0.25) is 17.6 Å². The number of amides is 1. The number of furan rings is 1. The second kappa shape index (κ2) is 8.10. The lowest BCUT2D eigenvalue weighted by molar-refractivity contribution is -0.121. The topological polar surface area (TPSA) is 75.6 Å². The first-order chi connectivity index (χ1) is 15.2. The van der Waals surface area contributed by atoms with Crippen LogP contribution in [-0.2, 0) is 17.9 Å². The summed E-state index contributed by atoms with van der Waals surface area (Å²) in [6.45, 7) is 3.44. The third-order valence-corrected chi connectivity index (χ3v) is 5.41. The first-order valence-corrected chi connectivity index (χ1v) is 10.2. The summed E-state index contributed by atoms with van der Waals surface area (Å²) in [7, 11) is 0. The van der Waals surface area contributed by atoms with Gasteiger partial charge < -0.3 is 18.7 Å². The molecule has 0 fully saturated rings. The molecule has 1 aliphatic heterocycles. The molecule has 156 valence electrons. The summed E-state index contributed by atoms with van der Waals surface area (Å²) in [6, 6.07) is 21.6. The molecule has 1 amide bonds. The van der Waals surface area contributed by atoms with Gasteiger partial charge in [-0.2, -0.15) is 4.98 Å². The molecule has 7 heteroatoms. The monoisotopic (exact) mass is 414 g/mol. The predicted molar refractivity (Wildman–Crippen MR) is 116 cm³/mol. The maximum atomic E-state index is 13.3. The summed E-state index contributed by atoms with van der Waals surface area (Å²) >= 11 is 0. The number of benzene rings is 2. The van der Waals surface area contributed by atoms with Crippen LogP contribution in [0.5, 0.6) is 0 Å². The lowest BCUT2D eigenvalue weighted by atomic mass is 10.1. The van der Waals surface area contributed by atoms with Crippen LogP contribution >= 0.6 is 0 Å². The van der Waals surface area contributed by atoms with Crippen molar-refractivity contribution in [3.05, 3.63) is 84.4 Å². The molecule has 0 bridgehead atoms. The van der Waals surface area contributed by atoms with Gasteiger partial charge in [-0.15, -0.1) is 0 Å². The van der Waals surface area contributed by atoms with E-state index < -0.39 is 0 Å². The Morgan fingerprint density at radius 3 is 2.52 bits per heavy atom. The van der Waals surface area contributed by atoms with E-state index in [1.165, 1.54) is 0 Å². The van der Waals surface area contributed by atoms with Gasteiger partial charge in [-0.05, 0) is 29.8 Å². The minimum Gasteiger partial charge on any atom is -0.461 e. The number of anilines is 2. The molecule has 0 aliphatic carbocycles. The zero-order chi connectivity index (χ0) is 21.2. The zero-order valence-electron chi connectivity index (χ0n) is 17.1. The molecule has 7 nitrogen and oxygen atoms in total. The number of hydrogen-bond acceptors (Lipinski definition) is 6. The van der Waals surface area contributed by atoms with Crippen molar-refractivity contribution >= 4 is 17.3 Å². The lowest BCUT2D eigenvalue weighted by Crippen LogP contribution is -2.36. The normalized spacial score (nSPS) is 16.3. The molecule has 0 saturated carbocycles. The minimum absolute atomic E-state index is 0.0978. The zero-order valence-corrected chi connectivity index (χ0v) is 17.1. The Bertz CT molecular complexity index is 1170. The SMILES string of the molecule is C[C@@H]1CN(Cc2nc(-c3ccco3)no2)c2ccccc2N(Cc2ccccc2)C1=O. The van der Waals surface area contributed by atoms with E-state index in [-0.39, 0.29) is 11.8 Å². The Balaban J connectivity index is 1.47. The average Bonchev–Trinajstić information content (AvgIpc) is 3.48. The summed E-state index contributed by atoms with van der Waals surface area (Å²) < 4.78 is 10.8. The molecule has 0 N–H and O–H groups in total. The van der Waals surface area contributed by atoms with Crippen molar-refractivity contribution < 1.29 is 13.7 Å². The fraction of sp³-hybridized carbons (Fsp3) is 0.208. The third kappa shape index (κ3) is 3.82. The molecule has 2 aromatic carbocycles. The van der Waals surface area contributed by atoms with Gasteiger partial charge in [0.05, 0.1) is 36.6 Å². The summed E-state index contributed by atoms with van der Waals surface area (Å²) in [5, 5.41) is 4.02. The molecule has 4 aromatic rings. The Morgan fingerprint density at radius 1 is 0.968 bits per heavy atom. The quantitative estimate of drug-likeness (QED) is 0.478. The fourth-order valence-electron chi connectivity index (χ4n) is 3.92. The van der Waals surface area contributed by atoms with Gasteiger partial charge in [0.25, 0.3) is 0 Å². The molecule has 31 heavy (non-hydrogen) atoms. The van der Waals surface area contributed by atoms with Crippen molar-refractivity contribution in [3.8, 4) is 11.6 Å². The number of aromatic nitrogens is 2. The van der Waals surface area contributed by atoms with E-state index in [0.717, 1.165) is 16.9 Å². The standard InChI is InChI=1S/C24H22N4O3/c1-17-14-27(16-22-25-23(26-31-22)21-12-7-13-30-21)19-10-5-6-11-20(19)28(24(17)29)15-18-8-3-2-4-9-18/h2-13,17H,14-16H2,1H3/t17-/m1/s1. The Kier molecular flexibility index (Phi) is 5.00. The van der Waals surface area contributed by atoms with Crippen molar-refractivity contribution in [1.29, 1.82) is 0 Å². The predicted octanol–water partition coefficient (Wildman–Crippen LogP) is 4.52. The maximum Gasteiger partial charge on any atom is 0.246 e. The molecule has 5 rings (SSSR count). The van der Waals surface area contributed by atoms with E-state index in [1.807, 2.05) is 66.4 Å². The fourth-order valence-corrected chi connectivity index (χ4v) is 3.92. The highest BCUT2D eigenvalue weighted by molar-refractivity contribution is 5.99. The molecule has 1 aliphatic rings. The second-order valence-electron chi connectivity index (χ2n) is 7.67. The largest absolute Gasteiger partial charge is 0.461 e. The number of nitrogens with zero attached hydrogens (tertiary/aromatic N) is 4. The van der Waals surface area contributed by atoms with Crippen molar-refractivity contribution in [2.24, 2.45) is 5.92 Å². The number of para-hydroxylation sites is 2. The van der Waals surface area contributed by atoms with E-state index in [2.05, 4.69) is 15.0 Å². The molecule has 0 radical (unpaired) electrons. The highest BCUT2D eigenvalue weighted by atomic mass is 16.5. The second-order valence-corrected chi connectivity index (χ2v) is 7.67. The number of rotatable bonds is 5. The van der Waals surface area contributed by atoms with E-state index in [4.69, 9.17) is 8.94 Å². The molecule has 0 unspecified atom stereocenters. The number of carbonyl (C=O) groups is 1. The van der Waals surface area contributed by atoms with Crippen LogP contribution in [0.15, 0.2) is 81.9 Å². The molecule has 1 atom stereocenters. The highest BCUT2D eigenvalue weighted by Gasteiger charge is 2.32. The van der Waals surface area contributed by atoms with Crippen LogP contribution in [0.3, 0.4) is 0 Å². The van der Waals surface area contributed by atoms with Crippen LogP contribution in [0.25, 0.3) is 11.6 Å². The Labute approximate surface area is 179 Å². The van der Waals surface area contributed by atoms with Crippen molar-refractivity contribution in [2.45, 2.75) is 20.0 Å². The van der Waals surface area contributed by atoms with Gasteiger partial charge >= 0.3 is 0 Å². The van der Waals surface area contributed by atoms with E-state index >= 15 is 0 Å². The van der Waals surface area contributed by atoms with Gasteiger partial charge in [-0.1, -0.05) is 54.5 Å². The van der Waals surface area contributed by atoms with Gasteiger partial charge in [0.1, 0.15) is 0 Å². The lowest BCUT2D eigenvalue weighted by Gasteiger charge is -2.25. The smallest absolute Gasteiger partial charge is 0.246 e. The van der Waals surface area contributed by atoms with E-state index in [0.29, 0.717) is 37.1 Å². The molecule has 3 heterocycles. The van der Waals surface area contributed by atoms with Crippen LogP contribution in [-0.4, -0.2) is 22.6 Å². The minimum atomic E-state index is -0.191. The third-order valence-electron chi connectivity index (χ3n) is 5.41. The van der Waals surface area contributed by atoms with Crippen molar-refractivity contribution in [3.63, 3.8) is 0 Å². The first kappa shape index (κ1) is 19.1. The van der Waals surface area contributed by atoms with Crippen molar-refractivity contribution in [2.75, 3.05) is 16.3 Å². The average molecular weight is 414 g/mol. The summed E-state index contributed by atoms with van der Waals surface area (Å²) in [5.74, 6) is 1.35. The van der Waals surface area contributed by atoms with Crippen LogP contribution in [0.2, 0.25) is 0 Å². The van der Waals surface area contributed by atoms with Gasteiger partial charge in [0.15, 0.2) is 5.76 Å². The highest BCUT2D eigenvalue weighted by Crippen LogP contribution is 2.36. The van der Waals surface area contributed by atoms with E-state index in [9.17, 15) is 4.79 Å². The van der Waals surface area contributed by atoms with Gasteiger partial charge in [0, 0.05) is 6.54 Å². The van der Waals surface area contributed by atoms with Crippen molar-refractivity contribution in [1.82, 2.24) is 10.1 Å². The van der Waals surface area contributed by atoms with Crippen LogP contribution in [0.1, 0.15) is 18.4 Å². The molecule has 2 aromatic heterocycles. The van der Waals surface area contributed by atoms with Crippen LogP contribution in [0.4, 0.5) is 11.4 Å². The maximum absolute atomic E-state index is 13.3. The van der Waals surface area contributed by atoms with Gasteiger partial charge in [-0.3, -0.25) is 4.79 Å². The molecular weight excluding hydrogens is 392 g/mol. The molecule has 0 spiro atoms. The van der Waals surface area contributed by atoms with E-state index in [1.54, 1.807) is 18.4 Å². The molecular formula is C24H22N4O3. The molecule has 0 saturated heterocycles. The van der Waals surface area contributed by atoms with Crippen LogP contribution < -0.4 is 9.80 Å². The van der Waals surface area contributed by atoms with Crippen LogP contribution in [0, 0.1) is 5.92 Å².